The molecule has 3 aromatic carbocycles. The van der Waals surface area contributed by atoms with Crippen molar-refractivity contribution < 1.29 is 37.0 Å². The summed E-state index contributed by atoms with van der Waals surface area (Å²) in [6, 6.07) is 18.4. The molecule has 0 unspecified atom stereocenters. The number of fused-ring (bicyclic) bond motifs is 9. The van der Waals surface area contributed by atoms with Crippen molar-refractivity contribution >= 4 is 52.2 Å². The average Bonchev–Trinajstić information content (AvgIpc) is 3.82. The van der Waals surface area contributed by atoms with Crippen molar-refractivity contribution in [3.05, 3.63) is 98.5 Å². The Labute approximate surface area is 285 Å². The second kappa shape index (κ2) is 11.8. The minimum atomic E-state index is -4.54. The van der Waals surface area contributed by atoms with E-state index < -0.39 is 36.1 Å². The Bertz CT molecular complexity index is 2050. The molecule has 9 nitrogen and oxygen atoms in total. The van der Waals surface area contributed by atoms with Crippen LogP contribution < -0.4 is 24.6 Å². The molecule has 252 valence electrons. The number of benzene rings is 3. The number of amides is 3. The molecule has 7 atom stereocenters. The zero-order valence-corrected chi connectivity index (χ0v) is 27.4. The first kappa shape index (κ1) is 31.7. The number of H-pyrrole nitrogens is 1. The Morgan fingerprint density at radius 3 is 2.43 bits per heavy atom. The lowest BCUT2D eigenvalue weighted by Crippen LogP contribution is -2.42. The quantitative estimate of drug-likeness (QED) is 0.221. The number of hydrogen-bond donors (Lipinski definition) is 2. The molecule has 3 amide bonds. The number of ether oxygens (including phenoxy) is 2. The molecule has 2 saturated carbocycles. The number of halogens is 3. The van der Waals surface area contributed by atoms with Crippen LogP contribution in [-0.2, 0) is 20.6 Å². The third-order valence-corrected chi connectivity index (χ3v) is 12.7. The number of anilines is 2. The minimum absolute atomic E-state index is 0.00194. The molecule has 4 aliphatic rings. The molecule has 1 aromatic heterocycles. The normalized spacial score (nSPS) is 26.7. The molecular weight excluding hydrogens is 680 g/mol. The lowest BCUT2D eigenvalue weighted by molar-refractivity contribution is -0.137. The standard InChI is InChI=1S/C35H28F3N3O6S2/c1-46-20-10-8-19(9-11-20)41-32(43)27-22-14-23(28(27)33(41)44)29-26(22)25(30-31(48-29)40-34(45)49-30)16-4-2-7-21(12-16)47-15-24(42)39-18-6-3-5-17(13-18)35(36,37)38/h2-13,22-23,25-29H,14-15H2,1H3,(H,39,42)(H,40,45)/t22-,23-,25+,26-,27+,28+,29-/m1/s1. The van der Waals surface area contributed by atoms with Gasteiger partial charge in [0, 0.05) is 21.7 Å². The molecule has 0 radical (unpaired) electrons. The lowest BCUT2D eigenvalue weighted by Gasteiger charge is -2.43. The van der Waals surface area contributed by atoms with Crippen molar-refractivity contribution in [3.63, 3.8) is 0 Å². The summed E-state index contributed by atoms with van der Waals surface area (Å²) in [7, 11) is 1.55. The molecule has 1 saturated heterocycles. The van der Waals surface area contributed by atoms with E-state index in [1.807, 2.05) is 6.07 Å². The van der Waals surface area contributed by atoms with E-state index >= 15 is 0 Å². The van der Waals surface area contributed by atoms with Crippen LogP contribution in [0.15, 0.2) is 82.6 Å². The first-order valence-electron chi connectivity index (χ1n) is 15.6. The topological polar surface area (TPSA) is 118 Å². The van der Waals surface area contributed by atoms with E-state index in [1.165, 1.54) is 17.0 Å². The Morgan fingerprint density at radius 1 is 0.959 bits per heavy atom. The van der Waals surface area contributed by atoms with Crippen LogP contribution in [0.25, 0.3) is 0 Å². The summed E-state index contributed by atoms with van der Waals surface area (Å²) in [5.41, 5.74) is 0.480. The van der Waals surface area contributed by atoms with Crippen molar-refractivity contribution in [1.82, 2.24) is 4.98 Å². The molecule has 8 rings (SSSR count). The van der Waals surface area contributed by atoms with Crippen LogP contribution in [0, 0.1) is 29.6 Å². The predicted molar refractivity (Wildman–Crippen MR) is 176 cm³/mol. The number of thioether (sulfide) groups is 1. The van der Waals surface area contributed by atoms with Gasteiger partial charge in [-0.2, -0.15) is 13.2 Å². The van der Waals surface area contributed by atoms with Crippen molar-refractivity contribution in [3.8, 4) is 11.5 Å². The van der Waals surface area contributed by atoms with E-state index in [0.717, 1.165) is 45.4 Å². The van der Waals surface area contributed by atoms with Gasteiger partial charge in [0.1, 0.15) is 11.5 Å². The Kier molecular flexibility index (Phi) is 7.63. The van der Waals surface area contributed by atoms with Gasteiger partial charge in [0.05, 0.1) is 35.2 Å². The second-order valence-corrected chi connectivity index (χ2v) is 14.9. The van der Waals surface area contributed by atoms with E-state index in [2.05, 4.69) is 10.3 Å². The van der Waals surface area contributed by atoms with Gasteiger partial charge in [0.2, 0.25) is 11.8 Å². The van der Waals surface area contributed by atoms with Crippen LogP contribution >= 0.6 is 23.1 Å². The maximum absolute atomic E-state index is 14.0. The first-order chi connectivity index (χ1) is 23.5. The fourth-order valence-corrected chi connectivity index (χ4v) is 11.2. The van der Waals surface area contributed by atoms with E-state index in [1.54, 1.807) is 61.3 Å². The number of carbonyl (C=O) groups excluding carboxylic acids is 3. The van der Waals surface area contributed by atoms with Gasteiger partial charge in [-0.1, -0.05) is 29.5 Å². The Morgan fingerprint density at radius 2 is 1.69 bits per heavy atom. The first-order valence-corrected chi connectivity index (χ1v) is 17.3. The maximum Gasteiger partial charge on any atom is 0.416 e. The Balaban J connectivity index is 1.05. The molecule has 4 aromatic rings. The monoisotopic (exact) mass is 707 g/mol. The number of aromatic amines is 1. The van der Waals surface area contributed by atoms with Crippen molar-refractivity contribution in [1.29, 1.82) is 0 Å². The van der Waals surface area contributed by atoms with Gasteiger partial charge in [-0.05, 0) is 84.3 Å². The van der Waals surface area contributed by atoms with Gasteiger partial charge in [-0.3, -0.25) is 24.1 Å². The van der Waals surface area contributed by atoms with E-state index in [9.17, 15) is 32.3 Å². The van der Waals surface area contributed by atoms with Gasteiger partial charge in [-0.15, -0.1) is 11.8 Å². The highest BCUT2D eigenvalue weighted by atomic mass is 32.2. The number of methoxy groups -OCH3 is 1. The Hall–Kier alpha value is -4.56. The van der Waals surface area contributed by atoms with E-state index in [-0.39, 0.29) is 51.3 Å². The van der Waals surface area contributed by atoms with Crippen LogP contribution in [0.5, 0.6) is 11.5 Å². The highest BCUT2D eigenvalue weighted by molar-refractivity contribution is 8.00. The number of carbonyl (C=O) groups is 3. The molecule has 2 aliphatic carbocycles. The predicted octanol–water partition coefficient (Wildman–Crippen LogP) is 6.16. The van der Waals surface area contributed by atoms with Crippen LogP contribution in [-0.4, -0.2) is 41.7 Å². The van der Waals surface area contributed by atoms with Crippen LogP contribution in [0.4, 0.5) is 24.5 Å². The zero-order chi connectivity index (χ0) is 34.2. The van der Waals surface area contributed by atoms with Gasteiger partial charge < -0.3 is 19.8 Å². The molecular formula is C35H28F3N3O6S2. The average molecular weight is 708 g/mol. The summed E-state index contributed by atoms with van der Waals surface area (Å²) in [5, 5.41) is 3.20. The minimum Gasteiger partial charge on any atom is -0.497 e. The highest BCUT2D eigenvalue weighted by Gasteiger charge is 2.69. The number of nitrogens with zero attached hydrogens (tertiary/aromatic N) is 1. The van der Waals surface area contributed by atoms with Crippen LogP contribution in [0.3, 0.4) is 0 Å². The van der Waals surface area contributed by atoms with Gasteiger partial charge >= 0.3 is 11.0 Å². The number of rotatable bonds is 7. The number of nitrogens with one attached hydrogen (secondary N) is 2. The SMILES string of the molecule is COc1ccc(N2C(=O)[C@H]3[C@H]4C[C@@H]([C@@H]3C2=O)[C@@H]2[C@H](c3cccc(OCC(=O)Nc5cccc(C(F)(F)F)c5)c3)c3sc(=O)[nH]c3S[C@H]42)cc1. The summed E-state index contributed by atoms with van der Waals surface area (Å²) >= 11 is 2.72. The largest absolute Gasteiger partial charge is 0.497 e. The fraction of sp³-hybridized carbons (Fsp3) is 0.314. The summed E-state index contributed by atoms with van der Waals surface area (Å²) in [4.78, 5) is 58.1. The summed E-state index contributed by atoms with van der Waals surface area (Å²) in [5.74, 6) is -1.39. The fourth-order valence-electron chi connectivity index (χ4n) is 8.29. The van der Waals surface area contributed by atoms with Gasteiger partial charge in [0.15, 0.2) is 6.61 Å². The molecule has 2 bridgehead atoms. The molecule has 3 heterocycles. The summed E-state index contributed by atoms with van der Waals surface area (Å²) in [6.07, 6.45) is -3.81. The van der Waals surface area contributed by atoms with Crippen molar-refractivity contribution in [2.24, 2.45) is 29.6 Å². The van der Waals surface area contributed by atoms with Gasteiger partial charge in [0.25, 0.3) is 5.91 Å². The van der Waals surface area contributed by atoms with E-state index in [0.29, 0.717) is 17.2 Å². The third kappa shape index (κ3) is 5.32. The van der Waals surface area contributed by atoms with Crippen molar-refractivity contribution in [2.75, 3.05) is 23.9 Å². The molecule has 0 spiro atoms. The number of thiazole rings is 1. The smallest absolute Gasteiger partial charge is 0.416 e. The highest BCUT2D eigenvalue weighted by Crippen LogP contribution is 2.68. The molecule has 2 aliphatic heterocycles. The zero-order valence-electron chi connectivity index (χ0n) is 25.7. The van der Waals surface area contributed by atoms with Crippen LogP contribution in [0.1, 0.15) is 28.3 Å². The van der Waals surface area contributed by atoms with Gasteiger partial charge in [-0.25, -0.2) is 0 Å². The lowest BCUT2D eigenvalue weighted by atomic mass is 9.68. The third-order valence-electron chi connectivity index (χ3n) is 10.1. The molecule has 2 N–H and O–H groups in total. The van der Waals surface area contributed by atoms with Crippen molar-refractivity contribution in [2.45, 2.75) is 28.8 Å². The number of aromatic nitrogens is 1. The number of hydrogen-bond acceptors (Lipinski definition) is 8. The number of imide groups is 1. The second-order valence-electron chi connectivity index (χ2n) is 12.7. The summed E-state index contributed by atoms with van der Waals surface area (Å²) < 4.78 is 50.4. The van der Waals surface area contributed by atoms with Crippen LogP contribution in [0.2, 0.25) is 0 Å². The maximum atomic E-state index is 14.0. The summed E-state index contributed by atoms with van der Waals surface area (Å²) in [6.45, 7) is -0.443. The van der Waals surface area contributed by atoms with E-state index in [4.69, 9.17) is 9.47 Å². The molecule has 14 heteroatoms. The molecule has 49 heavy (non-hydrogen) atoms. The number of alkyl halides is 3. The molecule has 3 fully saturated rings.